The molecular weight excluding hydrogens is 229 g/mol. The van der Waals surface area contributed by atoms with E-state index in [2.05, 4.69) is 6.58 Å². The molecule has 0 aliphatic rings. The van der Waals surface area contributed by atoms with Crippen molar-refractivity contribution in [2.24, 2.45) is 5.73 Å². The summed E-state index contributed by atoms with van der Waals surface area (Å²) < 4.78 is 0. The average Bonchev–Trinajstić information content (AvgIpc) is 2.18. The van der Waals surface area contributed by atoms with Crippen molar-refractivity contribution in [3.05, 3.63) is 47.0 Å². The van der Waals surface area contributed by atoms with Gasteiger partial charge in [0.2, 0.25) is 0 Å². The second-order valence-corrected chi connectivity index (χ2v) is 3.89. The maximum atomic E-state index is 6.02. The van der Waals surface area contributed by atoms with Crippen LogP contribution >= 0.6 is 24.0 Å². The van der Waals surface area contributed by atoms with Gasteiger partial charge in [-0.25, -0.2) is 0 Å². The molecule has 0 aliphatic carbocycles. The molecule has 0 aromatic heterocycles. The van der Waals surface area contributed by atoms with Crippen LogP contribution in [0.25, 0.3) is 0 Å². The largest absolute Gasteiger partial charge is 0.324 e. The van der Waals surface area contributed by atoms with Gasteiger partial charge in [0.05, 0.1) is 0 Å². The third kappa shape index (κ3) is 4.25. The summed E-state index contributed by atoms with van der Waals surface area (Å²) in [6.07, 6.45) is 3.74. The predicted molar refractivity (Wildman–Crippen MR) is 69.8 cm³/mol. The average molecular weight is 246 g/mol. The molecule has 0 aliphatic heterocycles. The fourth-order valence-electron chi connectivity index (χ4n) is 1.30. The van der Waals surface area contributed by atoms with Gasteiger partial charge in [-0.1, -0.05) is 29.8 Å². The van der Waals surface area contributed by atoms with E-state index in [-0.39, 0.29) is 18.4 Å². The Balaban J connectivity index is 0.00000196. The zero-order chi connectivity index (χ0) is 10.6. The van der Waals surface area contributed by atoms with Crippen molar-refractivity contribution < 1.29 is 0 Å². The second kappa shape index (κ2) is 6.89. The molecule has 0 radical (unpaired) electrons. The summed E-state index contributed by atoms with van der Waals surface area (Å²) in [6.45, 7) is 5.66. The van der Waals surface area contributed by atoms with E-state index in [1.54, 1.807) is 0 Å². The van der Waals surface area contributed by atoms with E-state index in [0.29, 0.717) is 0 Å². The van der Waals surface area contributed by atoms with Gasteiger partial charge in [0, 0.05) is 11.1 Å². The van der Waals surface area contributed by atoms with Crippen LogP contribution in [-0.2, 0) is 0 Å². The van der Waals surface area contributed by atoms with Gasteiger partial charge < -0.3 is 5.73 Å². The maximum absolute atomic E-state index is 6.02. The molecule has 1 aromatic carbocycles. The second-order valence-electron chi connectivity index (χ2n) is 3.48. The third-order valence-electron chi connectivity index (χ3n) is 2.31. The lowest BCUT2D eigenvalue weighted by Gasteiger charge is -2.11. The van der Waals surface area contributed by atoms with Crippen LogP contribution in [0, 0.1) is 6.92 Å². The summed E-state index contributed by atoms with van der Waals surface area (Å²) in [6, 6.07) is 6.05. The first-order valence-electron chi connectivity index (χ1n) is 4.77. The van der Waals surface area contributed by atoms with Crippen molar-refractivity contribution in [1.82, 2.24) is 0 Å². The van der Waals surface area contributed by atoms with Crippen LogP contribution in [0.5, 0.6) is 0 Å². The molecule has 15 heavy (non-hydrogen) atoms. The smallest absolute Gasteiger partial charge is 0.0438 e. The van der Waals surface area contributed by atoms with Gasteiger partial charge in [0.15, 0.2) is 0 Å². The van der Waals surface area contributed by atoms with Crippen LogP contribution in [0.2, 0.25) is 5.02 Å². The molecule has 1 aromatic rings. The van der Waals surface area contributed by atoms with Gasteiger partial charge in [-0.2, -0.15) is 0 Å². The summed E-state index contributed by atoms with van der Waals surface area (Å²) in [5.74, 6) is 0. The van der Waals surface area contributed by atoms with Crippen molar-refractivity contribution in [2.75, 3.05) is 0 Å². The number of rotatable bonds is 4. The van der Waals surface area contributed by atoms with E-state index < -0.39 is 0 Å². The molecule has 1 rings (SSSR count). The monoisotopic (exact) mass is 245 g/mol. The lowest BCUT2D eigenvalue weighted by Crippen LogP contribution is -2.09. The molecular formula is C12H17Cl2N. The van der Waals surface area contributed by atoms with Crippen molar-refractivity contribution in [3.8, 4) is 0 Å². The molecule has 1 nitrogen and oxygen atoms in total. The molecule has 3 heteroatoms. The van der Waals surface area contributed by atoms with Crippen LogP contribution in [0.4, 0.5) is 0 Å². The molecule has 84 valence electrons. The normalized spacial score (nSPS) is 11.7. The Bertz CT molecular complexity index is 323. The predicted octanol–water partition coefficient (Wildman–Crippen LogP) is 4.04. The van der Waals surface area contributed by atoms with E-state index in [1.807, 2.05) is 31.2 Å². The fraction of sp³-hybridized carbons (Fsp3) is 0.333. The zero-order valence-corrected chi connectivity index (χ0v) is 10.4. The SMILES string of the molecule is C=CCC[C@@H](N)c1ccc(C)c(Cl)c1.Cl. The third-order valence-corrected chi connectivity index (χ3v) is 2.71. The number of halogens is 2. The Kier molecular flexibility index (Phi) is 6.66. The minimum Gasteiger partial charge on any atom is -0.324 e. The van der Waals surface area contributed by atoms with Crippen LogP contribution in [-0.4, -0.2) is 0 Å². The summed E-state index contributed by atoms with van der Waals surface area (Å²) in [5.41, 5.74) is 8.18. The van der Waals surface area contributed by atoms with E-state index in [1.165, 1.54) is 0 Å². The molecule has 0 unspecified atom stereocenters. The highest BCUT2D eigenvalue weighted by Crippen LogP contribution is 2.22. The van der Waals surface area contributed by atoms with Crippen molar-refractivity contribution in [3.63, 3.8) is 0 Å². The molecule has 1 atom stereocenters. The Morgan fingerprint density at radius 2 is 2.20 bits per heavy atom. The van der Waals surface area contributed by atoms with Crippen LogP contribution in [0.1, 0.15) is 30.0 Å². The van der Waals surface area contributed by atoms with Gasteiger partial charge in [-0.3, -0.25) is 0 Å². The summed E-state index contributed by atoms with van der Waals surface area (Å²) in [5, 5.41) is 0.788. The number of hydrogen-bond donors (Lipinski definition) is 1. The molecule has 0 saturated carbocycles. The molecule has 0 bridgehead atoms. The number of aryl methyl sites for hydroxylation is 1. The first kappa shape index (κ1) is 14.5. The standard InChI is InChI=1S/C12H16ClN.ClH/c1-3-4-5-12(14)10-7-6-9(2)11(13)8-10;/h3,6-8,12H,1,4-5,14H2,2H3;1H/t12-;/m1./s1. The molecule has 0 heterocycles. The zero-order valence-electron chi connectivity index (χ0n) is 8.87. The Hall–Kier alpha value is -0.500. The first-order chi connectivity index (χ1) is 6.65. The van der Waals surface area contributed by atoms with Crippen LogP contribution < -0.4 is 5.73 Å². The Morgan fingerprint density at radius 1 is 1.53 bits per heavy atom. The lowest BCUT2D eigenvalue weighted by molar-refractivity contribution is 0.661. The van der Waals surface area contributed by atoms with Gasteiger partial charge in [0.25, 0.3) is 0 Å². The summed E-state index contributed by atoms with van der Waals surface area (Å²) in [4.78, 5) is 0. The minimum absolute atomic E-state index is 0. The van der Waals surface area contributed by atoms with E-state index >= 15 is 0 Å². The van der Waals surface area contributed by atoms with E-state index in [9.17, 15) is 0 Å². The quantitative estimate of drug-likeness (QED) is 0.797. The number of nitrogens with two attached hydrogens (primary N) is 1. The Morgan fingerprint density at radius 3 is 2.73 bits per heavy atom. The maximum Gasteiger partial charge on any atom is 0.0438 e. The highest BCUT2D eigenvalue weighted by molar-refractivity contribution is 6.31. The molecule has 2 N–H and O–H groups in total. The summed E-state index contributed by atoms with van der Waals surface area (Å²) >= 11 is 6.02. The van der Waals surface area contributed by atoms with Gasteiger partial charge in [-0.15, -0.1) is 19.0 Å². The van der Waals surface area contributed by atoms with E-state index in [0.717, 1.165) is 29.0 Å². The van der Waals surface area contributed by atoms with Crippen LogP contribution in [0.15, 0.2) is 30.9 Å². The van der Waals surface area contributed by atoms with Crippen molar-refractivity contribution >= 4 is 24.0 Å². The highest BCUT2D eigenvalue weighted by Gasteiger charge is 2.06. The molecule has 0 saturated heterocycles. The number of benzene rings is 1. The molecule has 0 amide bonds. The van der Waals surface area contributed by atoms with Gasteiger partial charge in [-0.05, 0) is 37.0 Å². The number of hydrogen-bond acceptors (Lipinski definition) is 1. The topological polar surface area (TPSA) is 26.0 Å². The summed E-state index contributed by atoms with van der Waals surface area (Å²) in [7, 11) is 0. The van der Waals surface area contributed by atoms with Gasteiger partial charge >= 0.3 is 0 Å². The lowest BCUT2D eigenvalue weighted by atomic mass is 10.0. The first-order valence-corrected chi connectivity index (χ1v) is 5.15. The minimum atomic E-state index is 0. The fourth-order valence-corrected chi connectivity index (χ4v) is 1.49. The molecule has 0 fully saturated rings. The van der Waals surface area contributed by atoms with Crippen LogP contribution in [0.3, 0.4) is 0 Å². The number of allylic oxidation sites excluding steroid dienone is 1. The van der Waals surface area contributed by atoms with Gasteiger partial charge in [0.1, 0.15) is 0 Å². The van der Waals surface area contributed by atoms with Crippen molar-refractivity contribution in [2.45, 2.75) is 25.8 Å². The Labute approximate surface area is 103 Å². The highest BCUT2D eigenvalue weighted by atomic mass is 35.5. The van der Waals surface area contributed by atoms with E-state index in [4.69, 9.17) is 17.3 Å². The van der Waals surface area contributed by atoms with Crippen molar-refractivity contribution in [1.29, 1.82) is 0 Å². The molecule has 0 spiro atoms.